The minimum absolute atomic E-state index is 0.00815. The summed E-state index contributed by atoms with van der Waals surface area (Å²) in [6.07, 6.45) is 8.86. The van der Waals surface area contributed by atoms with E-state index in [1.54, 1.807) is 18.6 Å². The molecule has 8 nitrogen and oxygen atoms in total. The van der Waals surface area contributed by atoms with Crippen molar-refractivity contribution in [2.75, 3.05) is 19.0 Å². The summed E-state index contributed by atoms with van der Waals surface area (Å²) < 4.78 is 1.87. The zero-order valence-electron chi connectivity index (χ0n) is 14.9. The summed E-state index contributed by atoms with van der Waals surface area (Å²) in [5.41, 5.74) is 10.9. The highest BCUT2D eigenvalue weighted by Gasteiger charge is 2.07. The largest absolute Gasteiger partial charge is 0.397 e. The second-order valence-corrected chi connectivity index (χ2v) is 6.28. The van der Waals surface area contributed by atoms with Crippen LogP contribution in [0.15, 0.2) is 49.2 Å². The molecule has 3 heterocycles. The molecule has 0 amide bonds. The number of nitrogens with zero attached hydrogens (tertiary/aromatic N) is 5. The van der Waals surface area contributed by atoms with E-state index in [9.17, 15) is 5.11 Å². The Labute approximate surface area is 152 Å². The van der Waals surface area contributed by atoms with Gasteiger partial charge in [0.05, 0.1) is 36.4 Å². The van der Waals surface area contributed by atoms with E-state index in [4.69, 9.17) is 11.6 Å². The number of aliphatic hydroxyl groups excluding tert-OH is 1. The molecule has 0 bridgehead atoms. The van der Waals surface area contributed by atoms with Gasteiger partial charge in [0.1, 0.15) is 5.65 Å². The molecule has 0 fully saturated rings. The molecule has 3 aromatic rings. The SMILES string of the molecule is CN(C)c1cncc(/C(N)=C/N(N)Cc2cn3cc(CO)ccc3n2)c1. The topological polar surface area (TPSA) is 109 Å². The van der Waals surface area contributed by atoms with Gasteiger partial charge in [0.2, 0.25) is 0 Å². The Morgan fingerprint density at radius 2 is 2.08 bits per heavy atom. The van der Waals surface area contributed by atoms with Crippen LogP contribution in [0.2, 0.25) is 0 Å². The minimum Gasteiger partial charge on any atom is -0.397 e. The summed E-state index contributed by atoms with van der Waals surface area (Å²) in [7, 11) is 3.89. The zero-order chi connectivity index (χ0) is 18.7. The number of anilines is 1. The van der Waals surface area contributed by atoms with Gasteiger partial charge in [-0.25, -0.2) is 10.8 Å². The number of nitrogens with two attached hydrogens (primary N) is 2. The molecule has 0 atom stereocenters. The molecule has 0 unspecified atom stereocenters. The van der Waals surface area contributed by atoms with Gasteiger partial charge >= 0.3 is 0 Å². The molecular formula is C18H23N7O. The van der Waals surface area contributed by atoms with Crippen LogP contribution in [0.4, 0.5) is 5.69 Å². The van der Waals surface area contributed by atoms with Crippen molar-refractivity contribution in [3.63, 3.8) is 0 Å². The quantitative estimate of drug-likeness (QED) is 0.446. The number of fused-ring (bicyclic) bond motifs is 1. The maximum Gasteiger partial charge on any atom is 0.137 e. The van der Waals surface area contributed by atoms with E-state index in [0.29, 0.717) is 12.2 Å². The molecule has 0 saturated carbocycles. The van der Waals surface area contributed by atoms with Crippen molar-refractivity contribution >= 4 is 17.0 Å². The van der Waals surface area contributed by atoms with Gasteiger partial charge in [-0.3, -0.25) is 4.98 Å². The Morgan fingerprint density at radius 1 is 1.27 bits per heavy atom. The van der Waals surface area contributed by atoms with Crippen LogP contribution in [0.25, 0.3) is 11.3 Å². The van der Waals surface area contributed by atoms with Crippen LogP contribution in [0.5, 0.6) is 0 Å². The van der Waals surface area contributed by atoms with Crippen LogP contribution >= 0.6 is 0 Å². The molecule has 0 radical (unpaired) electrons. The summed E-state index contributed by atoms with van der Waals surface area (Å²) in [6, 6.07) is 5.65. The second-order valence-electron chi connectivity index (χ2n) is 6.28. The third-order valence-electron chi connectivity index (χ3n) is 3.97. The molecule has 136 valence electrons. The fourth-order valence-electron chi connectivity index (χ4n) is 2.58. The van der Waals surface area contributed by atoms with Crippen LogP contribution in [-0.2, 0) is 13.2 Å². The molecule has 0 aliphatic carbocycles. The lowest BCUT2D eigenvalue weighted by atomic mass is 10.2. The van der Waals surface area contributed by atoms with E-state index in [2.05, 4.69) is 9.97 Å². The lowest BCUT2D eigenvalue weighted by Gasteiger charge is -2.15. The van der Waals surface area contributed by atoms with Crippen molar-refractivity contribution < 1.29 is 5.11 Å². The number of hydrazine groups is 1. The number of hydrogen-bond donors (Lipinski definition) is 3. The first-order valence-electron chi connectivity index (χ1n) is 8.15. The van der Waals surface area contributed by atoms with Gasteiger partial charge < -0.3 is 25.1 Å². The van der Waals surface area contributed by atoms with Gasteiger partial charge in [0, 0.05) is 44.4 Å². The van der Waals surface area contributed by atoms with E-state index in [-0.39, 0.29) is 6.61 Å². The van der Waals surface area contributed by atoms with Crippen molar-refractivity contribution in [1.82, 2.24) is 19.4 Å². The summed E-state index contributed by atoms with van der Waals surface area (Å²) in [4.78, 5) is 10.7. The number of aromatic nitrogens is 3. The van der Waals surface area contributed by atoms with Crippen molar-refractivity contribution in [3.05, 3.63) is 66.0 Å². The van der Waals surface area contributed by atoms with Crippen LogP contribution in [-0.4, -0.2) is 38.6 Å². The molecule has 8 heteroatoms. The average Bonchev–Trinajstić information content (AvgIpc) is 3.02. The normalized spacial score (nSPS) is 11.8. The van der Waals surface area contributed by atoms with Crippen molar-refractivity contribution in [3.8, 4) is 0 Å². The first-order chi connectivity index (χ1) is 12.5. The highest BCUT2D eigenvalue weighted by molar-refractivity contribution is 5.65. The van der Waals surface area contributed by atoms with Gasteiger partial charge in [-0.05, 0) is 17.7 Å². The van der Waals surface area contributed by atoms with Crippen molar-refractivity contribution in [1.29, 1.82) is 0 Å². The van der Waals surface area contributed by atoms with Gasteiger partial charge in [-0.2, -0.15) is 0 Å². The Morgan fingerprint density at radius 3 is 2.81 bits per heavy atom. The van der Waals surface area contributed by atoms with E-state index >= 15 is 0 Å². The average molecular weight is 353 g/mol. The monoisotopic (exact) mass is 353 g/mol. The van der Waals surface area contributed by atoms with E-state index < -0.39 is 0 Å². The summed E-state index contributed by atoms with van der Waals surface area (Å²) in [5, 5.41) is 10.7. The number of pyridine rings is 2. The molecule has 0 aromatic carbocycles. The molecular weight excluding hydrogens is 330 g/mol. The fourth-order valence-corrected chi connectivity index (χ4v) is 2.58. The van der Waals surface area contributed by atoms with Crippen LogP contribution in [0.3, 0.4) is 0 Å². The van der Waals surface area contributed by atoms with E-state index in [1.165, 1.54) is 5.01 Å². The number of aliphatic hydroxyl groups is 1. The Hall–Kier alpha value is -3.10. The molecule has 5 N–H and O–H groups in total. The molecule has 3 rings (SSSR count). The standard InChI is InChI=1S/C18H23N7O/c1-23(2)16-5-14(6-21-7-16)17(19)11-25(20)10-15-9-24-8-13(12-26)3-4-18(24)22-15/h3-9,11,26H,10,12,19-20H2,1-2H3/b17-11-. The summed E-state index contributed by atoms with van der Waals surface area (Å²) >= 11 is 0. The van der Waals surface area contributed by atoms with Gasteiger partial charge in [-0.15, -0.1) is 0 Å². The smallest absolute Gasteiger partial charge is 0.137 e. The molecule has 26 heavy (non-hydrogen) atoms. The molecule has 3 aromatic heterocycles. The second kappa shape index (κ2) is 7.42. The first-order valence-corrected chi connectivity index (χ1v) is 8.15. The maximum atomic E-state index is 9.22. The Bertz CT molecular complexity index is 932. The fraction of sp³-hybridized carbons (Fsp3) is 0.222. The van der Waals surface area contributed by atoms with Gasteiger partial charge in [-0.1, -0.05) is 6.07 Å². The Kier molecular flexibility index (Phi) is 5.06. The molecule has 0 spiro atoms. The van der Waals surface area contributed by atoms with Crippen LogP contribution < -0.4 is 16.5 Å². The van der Waals surface area contributed by atoms with E-state index in [0.717, 1.165) is 28.2 Å². The zero-order valence-corrected chi connectivity index (χ0v) is 14.9. The third kappa shape index (κ3) is 3.93. The molecule has 0 saturated heterocycles. The van der Waals surface area contributed by atoms with Crippen molar-refractivity contribution in [2.24, 2.45) is 11.6 Å². The predicted octanol–water partition coefficient (Wildman–Crippen LogP) is 0.921. The van der Waals surface area contributed by atoms with Crippen LogP contribution in [0.1, 0.15) is 16.8 Å². The Balaban J connectivity index is 1.76. The molecule has 0 aliphatic rings. The van der Waals surface area contributed by atoms with Crippen molar-refractivity contribution in [2.45, 2.75) is 13.2 Å². The minimum atomic E-state index is -0.00815. The van der Waals surface area contributed by atoms with Gasteiger partial charge in [0.25, 0.3) is 0 Å². The highest BCUT2D eigenvalue weighted by Crippen LogP contribution is 2.16. The molecule has 0 aliphatic heterocycles. The lowest BCUT2D eigenvalue weighted by molar-refractivity contribution is 0.281. The van der Waals surface area contributed by atoms with Crippen LogP contribution in [0, 0.1) is 0 Å². The summed E-state index contributed by atoms with van der Waals surface area (Å²) in [5.74, 6) is 6.08. The number of rotatable bonds is 6. The summed E-state index contributed by atoms with van der Waals surface area (Å²) in [6.45, 7) is 0.392. The van der Waals surface area contributed by atoms with Gasteiger partial charge in [0.15, 0.2) is 0 Å². The number of hydrogen-bond acceptors (Lipinski definition) is 7. The third-order valence-corrected chi connectivity index (χ3v) is 3.97. The first kappa shape index (κ1) is 17.7. The lowest BCUT2D eigenvalue weighted by Crippen LogP contribution is -2.26. The number of imidazole rings is 1. The predicted molar refractivity (Wildman–Crippen MR) is 102 cm³/mol. The van der Waals surface area contributed by atoms with E-state index in [1.807, 2.05) is 54.0 Å². The highest BCUT2D eigenvalue weighted by atomic mass is 16.3. The maximum absolute atomic E-state index is 9.22.